The molecule has 1 heterocycles. The van der Waals surface area contributed by atoms with Gasteiger partial charge >= 0.3 is 0 Å². The van der Waals surface area contributed by atoms with Gasteiger partial charge in [0.05, 0.1) is 13.2 Å². The molecule has 3 rings (SSSR count). The lowest BCUT2D eigenvalue weighted by Gasteiger charge is -2.14. The summed E-state index contributed by atoms with van der Waals surface area (Å²) < 4.78 is 12.3. The number of unbranched alkanes of at least 4 members (excludes halogenated alkanes) is 2. The molecule has 0 aromatic heterocycles. The third kappa shape index (κ3) is 4.63. The molecular formula is C22H31O2S+. The van der Waals surface area contributed by atoms with Crippen LogP contribution in [0.3, 0.4) is 0 Å². The van der Waals surface area contributed by atoms with Crippen LogP contribution in [0.25, 0.3) is 10.8 Å². The SMILES string of the molecule is CCCCOc1ccc2ccc([S+]3CCCC3)c(OCCCC)c2c1. The van der Waals surface area contributed by atoms with Crippen LogP contribution in [0.2, 0.25) is 0 Å². The molecular weight excluding hydrogens is 328 g/mol. The monoisotopic (exact) mass is 359 g/mol. The van der Waals surface area contributed by atoms with Gasteiger partial charge in [-0.1, -0.05) is 32.8 Å². The lowest BCUT2D eigenvalue weighted by atomic mass is 10.1. The molecule has 1 saturated heterocycles. The zero-order valence-corrected chi connectivity index (χ0v) is 16.5. The molecule has 3 heteroatoms. The Morgan fingerprint density at radius 2 is 1.56 bits per heavy atom. The van der Waals surface area contributed by atoms with E-state index in [2.05, 4.69) is 44.2 Å². The largest absolute Gasteiger partial charge is 0.494 e. The topological polar surface area (TPSA) is 18.5 Å². The minimum absolute atomic E-state index is 0.357. The van der Waals surface area contributed by atoms with Crippen LogP contribution < -0.4 is 9.47 Å². The highest BCUT2D eigenvalue weighted by molar-refractivity contribution is 7.97. The Morgan fingerprint density at radius 3 is 2.28 bits per heavy atom. The predicted molar refractivity (Wildman–Crippen MR) is 109 cm³/mol. The number of benzene rings is 2. The van der Waals surface area contributed by atoms with Gasteiger partial charge in [-0.15, -0.1) is 0 Å². The molecule has 1 fully saturated rings. The number of rotatable bonds is 9. The first-order valence-corrected chi connectivity index (χ1v) is 11.4. The second kappa shape index (κ2) is 9.38. The highest BCUT2D eigenvalue weighted by Crippen LogP contribution is 2.38. The van der Waals surface area contributed by atoms with Gasteiger partial charge in [0.25, 0.3) is 0 Å². The van der Waals surface area contributed by atoms with Crippen molar-refractivity contribution < 1.29 is 9.47 Å². The average molecular weight is 360 g/mol. The summed E-state index contributed by atoms with van der Waals surface area (Å²) in [6, 6.07) is 11.0. The van der Waals surface area contributed by atoms with Gasteiger partial charge in [-0.3, -0.25) is 0 Å². The van der Waals surface area contributed by atoms with E-state index in [9.17, 15) is 0 Å². The van der Waals surface area contributed by atoms with E-state index in [1.807, 2.05) is 0 Å². The van der Waals surface area contributed by atoms with Gasteiger partial charge in [-0.2, -0.15) is 0 Å². The number of ether oxygens (including phenoxy) is 2. The van der Waals surface area contributed by atoms with Crippen molar-refractivity contribution in [2.24, 2.45) is 0 Å². The summed E-state index contributed by atoms with van der Waals surface area (Å²) in [6.45, 7) is 6.00. The zero-order chi connectivity index (χ0) is 17.5. The molecule has 0 unspecified atom stereocenters. The first-order valence-electron chi connectivity index (χ1n) is 9.83. The maximum atomic E-state index is 6.34. The van der Waals surface area contributed by atoms with Crippen molar-refractivity contribution in [3.63, 3.8) is 0 Å². The molecule has 25 heavy (non-hydrogen) atoms. The molecule has 0 aliphatic carbocycles. The van der Waals surface area contributed by atoms with Crippen LogP contribution in [0, 0.1) is 0 Å². The first kappa shape index (κ1) is 18.4. The summed E-state index contributed by atoms with van der Waals surface area (Å²) in [5.41, 5.74) is 0. The van der Waals surface area contributed by atoms with Crippen molar-refractivity contribution in [3.05, 3.63) is 30.3 Å². The fraction of sp³-hybridized carbons (Fsp3) is 0.545. The van der Waals surface area contributed by atoms with E-state index in [0.29, 0.717) is 10.9 Å². The Bertz CT molecular complexity index is 677. The van der Waals surface area contributed by atoms with E-state index < -0.39 is 0 Å². The summed E-state index contributed by atoms with van der Waals surface area (Å²) in [5, 5.41) is 2.47. The molecule has 0 bridgehead atoms. The smallest absolute Gasteiger partial charge is 0.197 e. The van der Waals surface area contributed by atoms with Crippen molar-refractivity contribution >= 4 is 21.7 Å². The number of hydrogen-bond donors (Lipinski definition) is 0. The Morgan fingerprint density at radius 1 is 0.880 bits per heavy atom. The Kier molecular flexibility index (Phi) is 6.92. The average Bonchev–Trinajstić information content (AvgIpc) is 3.16. The maximum Gasteiger partial charge on any atom is 0.197 e. The van der Waals surface area contributed by atoms with E-state index in [-0.39, 0.29) is 0 Å². The highest BCUT2D eigenvalue weighted by atomic mass is 32.2. The molecule has 0 amide bonds. The fourth-order valence-electron chi connectivity index (χ4n) is 3.24. The lowest BCUT2D eigenvalue weighted by Crippen LogP contribution is -2.08. The molecule has 0 spiro atoms. The van der Waals surface area contributed by atoms with Gasteiger partial charge in [0.1, 0.15) is 17.3 Å². The molecule has 2 aromatic carbocycles. The van der Waals surface area contributed by atoms with E-state index in [1.165, 1.54) is 40.0 Å². The summed E-state index contributed by atoms with van der Waals surface area (Å²) in [4.78, 5) is 1.44. The number of hydrogen-bond acceptors (Lipinski definition) is 2. The third-order valence-electron chi connectivity index (χ3n) is 4.76. The molecule has 0 N–H and O–H groups in total. The second-order valence-corrected chi connectivity index (χ2v) is 9.03. The van der Waals surface area contributed by atoms with Gasteiger partial charge in [0, 0.05) is 16.3 Å². The van der Waals surface area contributed by atoms with E-state index in [0.717, 1.165) is 50.4 Å². The van der Waals surface area contributed by atoms with Crippen molar-refractivity contribution in [3.8, 4) is 11.5 Å². The highest BCUT2D eigenvalue weighted by Gasteiger charge is 2.31. The third-order valence-corrected chi connectivity index (χ3v) is 7.27. The van der Waals surface area contributed by atoms with Gasteiger partial charge in [0.2, 0.25) is 0 Å². The van der Waals surface area contributed by atoms with Crippen molar-refractivity contribution in [2.75, 3.05) is 24.7 Å². The standard InChI is InChI=1S/C22H31O2S/c1-3-5-13-23-19-11-9-18-10-12-21(25-15-7-8-16-25)22(20(18)17-19)24-14-6-4-2/h9-12,17H,3-8,13-16H2,1-2H3/q+1. The molecule has 0 saturated carbocycles. The van der Waals surface area contributed by atoms with Crippen molar-refractivity contribution in [1.82, 2.24) is 0 Å². The van der Waals surface area contributed by atoms with Gasteiger partial charge < -0.3 is 9.47 Å². The van der Waals surface area contributed by atoms with Gasteiger partial charge in [-0.25, -0.2) is 0 Å². The van der Waals surface area contributed by atoms with Crippen molar-refractivity contribution in [1.29, 1.82) is 0 Å². The normalized spacial score (nSPS) is 15.0. The van der Waals surface area contributed by atoms with E-state index >= 15 is 0 Å². The van der Waals surface area contributed by atoms with Crippen LogP contribution in [0.4, 0.5) is 0 Å². The fourth-order valence-corrected chi connectivity index (χ4v) is 5.69. The van der Waals surface area contributed by atoms with Crippen LogP contribution in [0.1, 0.15) is 52.4 Å². The molecule has 0 radical (unpaired) electrons. The van der Waals surface area contributed by atoms with Gasteiger partial charge in [0.15, 0.2) is 10.6 Å². The summed E-state index contributed by atoms with van der Waals surface area (Å²) >= 11 is 0. The molecule has 1 aliphatic rings. The lowest BCUT2D eigenvalue weighted by molar-refractivity contribution is 0.304. The molecule has 2 aromatic rings. The molecule has 1 aliphatic heterocycles. The first-order chi connectivity index (χ1) is 12.3. The summed E-state index contributed by atoms with van der Waals surface area (Å²) in [5.74, 6) is 4.73. The summed E-state index contributed by atoms with van der Waals surface area (Å²) in [7, 11) is 0.357. The Balaban J connectivity index is 1.94. The zero-order valence-electron chi connectivity index (χ0n) is 15.7. The van der Waals surface area contributed by atoms with Crippen molar-refractivity contribution in [2.45, 2.75) is 57.3 Å². The van der Waals surface area contributed by atoms with E-state index in [1.54, 1.807) is 0 Å². The van der Waals surface area contributed by atoms with Crippen LogP contribution >= 0.6 is 0 Å². The molecule has 136 valence electrons. The van der Waals surface area contributed by atoms with Crippen LogP contribution in [-0.2, 0) is 10.9 Å². The van der Waals surface area contributed by atoms with Gasteiger partial charge in [-0.05, 0) is 55.3 Å². The quantitative estimate of drug-likeness (QED) is 0.406. The Labute approximate surface area is 155 Å². The minimum atomic E-state index is 0.357. The van der Waals surface area contributed by atoms with Crippen LogP contribution in [0.5, 0.6) is 11.5 Å². The second-order valence-electron chi connectivity index (χ2n) is 6.79. The van der Waals surface area contributed by atoms with Crippen LogP contribution in [-0.4, -0.2) is 24.7 Å². The van der Waals surface area contributed by atoms with E-state index in [4.69, 9.17) is 9.47 Å². The predicted octanol–water partition coefficient (Wildman–Crippen LogP) is 5.97. The minimum Gasteiger partial charge on any atom is -0.494 e. The number of fused-ring (bicyclic) bond motifs is 1. The molecule has 2 nitrogen and oxygen atoms in total. The molecule has 0 atom stereocenters. The summed E-state index contributed by atoms with van der Waals surface area (Å²) in [6.07, 6.45) is 7.24. The Hall–Kier alpha value is -1.35. The van der Waals surface area contributed by atoms with Crippen LogP contribution in [0.15, 0.2) is 35.2 Å². The maximum absolute atomic E-state index is 6.34.